The van der Waals surface area contributed by atoms with Crippen molar-refractivity contribution in [2.24, 2.45) is 7.05 Å². The second-order valence-electron chi connectivity index (χ2n) is 5.11. The number of rotatable bonds is 1. The Kier molecular flexibility index (Phi) is 2.61. The van der Waals surface area contributed by atoms with E-state index in [1.165, 1.54) is 0 Å². The standard InChI is InChI=1S/C11H20N2O/c1-7(2)8-9(14)10(11(3,4)5)12-13(8)6/h7,14H,1-6H3. The van der Waals surface area contributed by atoms with Crippen molar-refractivity contribution in [2.45, 2.75) is 46.0 Å². The molecule has 1 N–H and O–H groups in total. The molecule has 0 saturated carbocycles. The van der Waals surface area contributed by atoms with E-state index in [1.54, 1.807) is 4.68 Å². The molecule has 0 saturated heterocycles. The average Bonchev–Trinajstić information content (AvgIpc) is 2.24. The number of hydrogen-bond acceptors (Lipinski definition) is 2. The first kappa shape index (κ1) is 11.1. The monoisotopic (exact) mass is 196 g/mol. The minimum atomic E-state index is -0.102. The summed E-state index contributed by atoms with van der Waals surface area (Å²) in [4.78, 5) is 0. The van der Waals surface area contributed by atoms with Gasteiger partial charge in [0.15, 0.2) is 5.75 Å². The van der Waals surface area contributed by atoms with E-state index in [4.69, 9.17) is 0 Å². The third kappa shape index (κ3) is 1.76. The molecule has 0 spiro atoms. The number of aromatic nitrogens is 2. The molecular formula is C11H20N2O. The van der Waals surface area contributed by atoms with Gasteiger partial charge in [-0.05, 0) is 5.92 Å². The van der Waals surface area contributed by atoms with Crippen LogP contribution in [0.25, 0.3) is 0 Å². The van der Waals surface area contributed by atoms with Gasteiger partial charge in [0.25, 0.3) is 0 Å². The lowest BCUT2D eigenvalue weighted by Crippen LogP contribution is -2.12. The second-order valence-corrected chi connectivity index (χ2v) is 5.11. The molecule has 0 aliphatic carbocycles. The lowest BCUT2D eigenvalue weighted by atomic mass is 9.91. The number of nitrogens with zero attached hydrogens (tertiary/aromatic N) is 2. The van der Waals surface area contributed by atoms with Gasteiger partial charge in [-0.25, -0.2) is 0 Å². The summed E-state index contributed by atoms with van der Waals surface area (Å²) in [6.07, 6.45) is 0. The molecule has 1 aromatic heterocycles. The minimum absolute atomic E-state index is 0.102. The van der Waals surface area contributed by atoms with Crippen molar-refractivity contribution >= 4 is 0 Å². The van der Waals surface area contributed by atoms with E-state index < -0.39 is 0 Å². The molecule has 0 atom stereocenters. The third-order valence-electron chi connectivity index (χ3n) is 2.32. The molecule has 0 bridgehead atoms. The first-order valence-corrected chi connectivity index (χ1v) is 5.01. The summed E-state index contributed by atoms with van der Waals surface area (Å²) in [5, 5.41) is 14.4. The molecule has 0 unspecified atom stereocenters. The summed E-state index contributed by atoms with van der Waals surface area (Å²) in [6.45, 7) is 10.3. The molecule has 1 rings (SSSR count). The Balaban J connectivity index is 3.31. The van der Waals surface area contributed by atoms with Crippen molar-refractivity contribution in [3.8, 4) is 5.75 Å². The van der Waals surface area contributed by atoms with Crippen LogP contribution in [-0.4, -0.2) is 14.9 Å². The molecule has 3 nitrogen and oxygen atoms in total. The highest BCUT2D eigenvalue weighted by atomic mass is 16.3. The molecular weight excluding hydrogens is 176 g/mol. The minimum Gasteiger partial charge on any atom is -0.504 e. The number of aromatic hydroxyl groups is 1. The molecule has 0 amide bonds. The number of hydrogen-bond donors (Lipinski definition) is 1. The molecule has 1 aromatic rings. The van der Waals surface area contributed by atoms with Gasteiger partial charge in [0.1, 0.15) is 5.69 Å². The van der Waals surface area contributed by atoms with E-state index in [0.29, 0.717) is 11.7 Å². The summed E-state index contributed by atoms with van der Waals surface area (Å²) in [7, 11) is 1.88. The van der Waals surface area contributed by atoms with Gasteiger partial charge >= 0.3 is 0 Å². The smallest absolute Gasteiger partial charge is 0.160 e. The van der Waals surface area contributed by atoms with Crippen LogP contribution in [0, 0.1) is 0 Å². The molecule has 14 heavy (non-hydrogen) atoms. The summed E-state index contributed by atoms with van der Waals surface area (Å²) >= 11 is 0. The first-order valence-electron chi connectivity index (χ1n) is 5.01. The van der Waals surface area contributed by atoms with Gasteiger partial charge in [-0.2, -0.15) is 5.10 Å². The fourth-order valence-electron chi connectivity index (χ4n) is 1.68. The van der Waals surface area contributed by atoms with Crippen LogP contribution in [0.1, 0.15) is 51.9 Å². The van der Waals surface area contributed by atoms with Crippen LogP contribution < -0.4 is 0 Å². The van der Waals surface area contributed by atoms with Gasteiger partial charge in [0, 0.05) is 12.5 Å². The van der Waals surface area contributed by atoms with Crippen molar-refractivity contribution < 1.29 is 5.11 Å². The number of aryl methyl sites for hydroxylation is 1. The van der Waals surface area contributed by atoms with Crippen LogP contribution >= 0.6 is 0 Å². The Labute approximate surface area is 85.8 Å². The second kappa shape index (κ2) is 3.30. The first-order chi connectivity index (χ1) is 6.25. The van der Waals surface area contributed by atoms with E-state index in [1.807, 2.05) is 7.05 Å². The normalized spacial score (nSPS) is 12.5. The van der Waals surface area contributed by atoms with Crippen LogP contribution in [-0.2, 0) is 12.5 Å². The summed E-state index contributed by atoms with van der Waals surface area (Å²) in [6, 6.07) is 0. The van der Waals surface area contributed by atoms with E-state index >= 15 is 0 Å². The van der Waals surface area contributed by atoms with Crippen molar-refractivity contribution in [3.05, 3.63) is 11.4 Å². The van der Waals surface area contributed by atoms with Gasteiger partial charge < -0.3 is 5.11 Å². The van der Waals surface area contributed by atoms with Gasteiger partial charge in [-0.3, -0.25) is 4.68 Å². The van der Waals surface area contributed by atoms with Crippen LogP contribution in [0.3, 0.4) is 0 Å². The average molecular weight is 196 g/mol. The SMILES string of the molecule is CC(C)c1c(O)c(C(C)(C)C)nn1C. The summed E-state index contributed by atoms with van der Waals surface area (Å²) in [5.74, 6) is 0.651. The predicted molar refractivity (Wildman–Crippen MR) is 57.7 cm³/mol. The Bertz CT molecular complexity index is 332. The zero-order chi connectivity index (χ0) is 11.1. The van der Waals surface area contributed by atoms with Crippen molar-refractivity contribution in [3.63, 3.8) is 0 Å². The summed E-state index contributed by atoms with van der Waals surface area (Å²) < 4.78 is 1.78. The molecule has 0 radical (unpaired) electrons. The molecule has 0 aromatic carbocycles. The Morgan fingerprint density at radius 1 is 1.29 bits per heavy atom. The molecule has 3 heteroatoms. The highest BCUT2D eigenvalue weighted by Crippen LogP contribution is 2.35. The lowest BCUT2D eigenvalue weighted by Gasteiger charge is -2.15. The van der Waals surface area contributed by atoms with E-state index in [9.17, 15) is 5.11 Å². The van der Waals surface area contributed by atoms with E-state index in [0.717, 1.165) is 11.4 Å². The van der Waals surface area contributed by atoms with Crippen LogP contribution in [0.4, 0.5) is 0 Å². The fraction of sp³-hybridized carbons (Fsp3) is 0.727. The molecule has 0 fully saturated rings. The molecule has 80 valence electrons. The zero-order valence-electron chi connectivity index (χ0n) is 9.92. The van der Waals surface area contributed by atoms with E-state index in [2.05, 4.69) is 39.7 Å². The van der Waals surface area contributed by atoms with Crippen LogP contribution in [0.5, 0.6) is 5.75 Å². The van der Waals surface area contributed by atoms with Gasteiger partial charge in [0.05, 0.1) is 5.69 Å². The van der Waals surface area contributed by atoms with Gasteiger partial charge in [-0.15, -0.1) is 0 Å². The van der Waals surface area contributed by atoms with Crippen molar-refractivity contribution in [1.29, 1.82) is 0 Å². The third-order valence-corrected chi connectivity index (χ3v) is 2.32. The maximum atomic E-state index is 10.0. The maximum Gasteiger partial charge on any atom is 0.160 e. The van der Waals surface area contributed by atoms with Crippen molar-refractivity contribution in [2.75, 3.05) is 0 Å². The molecule has 1 heterocycles. The van der Waals surface area contributed by atoms with E-state index in [-0.39, 0.29) is 5.41 Å². The largest absolute Gasteiger partial charge is 0.504 e. The molecule has 0 aliphatic heterocycles. The highest BCUT2D eigenvalue weighted by molar-refractivity contribution is 5.38. The Hall–Kier alpha value is -0.990. The topological polar surface area (TPSA) is 38.1 Å². The maximum absolute atomic E-state index is 10.0. The van der Waals surface area contributed by atoms with Crippen molar-refractivity contribution in [1.82, 2.24) is 9.78 Å². The lowest BCUT2D eigenvalue weighted by molar-refractivity contribution is 0.437. The van der Waals surface area contributed by atoms with Gasteiger partial charge in [-0.1, -0.05) is 34.6 Å². The Morgan fingerprint density at radius 2 is 1.79 bits per heavy atom. The Morgan fingerprint density at radius 3 is 2.00 bits per heavy atom. The van der Waals surface area contributed by atoms with Crippen LogP contribution in [0.2, 0.25) is 0 Å². The summed E-state index contributed by atoms with van der Waals surface area (Å²) in [5.41, 5.74) is 1.59. The predicted octanol–water partition coefficient (Wildman–Crippen LogP) is 2.55. The zero-order valence-corrected chi connectivity index (χ0v) is 9.92. The fourth-order valence-corrected chi connectivity index (χ4v) is 1.68. The highest BCUT2D eigenvalue weighted by Gasteiger charge is 2.26. The quantitative estimate of drug-likeness (QED) is 0.749. The molecule has 0 aliphatic rings. The van der Waals surface area contributed by atoms with Gasteiger partial charge in [0.2, 0.25) is 0 Å². The van der Waals surface area contributed by atoms with Crippen LogP contribution in [0.15, 0.2) is 0 Å².